The molecule has 12 nitrogen and oxygen atoms in total. The molecule has 8 N–H and O–H groups in total. The number of carbonyl (C=O) groups excluding carboxylic acids is 6. The van der Waals surface area contributed by atoms with Crippen LogP contribution in [0.3, 0.4) is 0 Å². The number of hydrogen-bond donors (Lipinski definition) is 6. The van der Waals surface area contributed by atoms with Crippen LogP contribution >= 0.6 is 0 Å². The second kappa shape index (κ2) is 22.8. The molecule has 0 saturated heterocycles. The van der Waals surface area contributed by atoms with E-state index in [-0.39, 0.29) is 18.6 Å². The van der Waals surface area contributed by atoms with Gasteiger partial charge in [0.1, 0.15) is 6.04 Å². The Kier molecular flexibility index (Phi) is 19.3. The molecule has 2 rings (SSSR count). The second-order valence-corrected chi connectivity index (χ2v) is 14.4. The number of carbonyl (C=O) groups is 6. The predicted molar refractivity (Wildman–Crippen MR) is 207 cm³/mol. The third-order valence-electron chi connectivity index (χ3n) is 9.66. The standard InChI is InChI=1S/C40H59BN4O8/c1-6-7-10-28-12-14-29(15-13-28)30-16-18-31(19-17-30)34(47)23-32(11-8-9-20-42)40(52)45-38(27(4)46)36(49)21-25(2)39(51)44-33(24-37(43)50)35(48)22-26(3)41(5)53/h12-19,25-27,32-33,38,46,53H,6-11,20-24,42H2,1-5H3,(H2,43,50)(H,44,51)(H,45,52)/t25-,26-,27?,32-,33+,38+/m1/s1. The molecule has 0 aliphatic heterocycles. The fourth-order valence-electron chi connectivity index (χ4n) is 5.95. The SMILES string of the molecule is CCCCc1ccc(-c2ccc(C(=O)C[C@@H](CCCCN)C(=O)N[C@H](C(=O)C[C@@H](C)C(=O)N[C@@H](CC(N)=O)C(=O)C[C@@H](C)B(C)O)C(C)O)cc2)cc1. The summed E-state index contributed by atoms with van der Waals surface area (Å²) in [5.41, 5.74) is 14.7. The Hall–Kier alpha value is -4.20. The molecule has 2 aromatic rings. The number of hydrogen-bond acceptors (Lipinski definition) is 9. The average molecular weight is 735 g/mol. The molecule has 0 aromatic heterocycles. The molecule has 0 heterocycles. The van der Waals surface area contributed by atoms with Gasteiger partial charge >= 0.3 is 0 Å². The number of ketones is 3. The Morgan fingerprint density at radius 2 is 1.38 bits per heavy atom. The van der Waals surface area contributed by atoms with Gasteiger partial charge in [0, 0.05) is 36.7 Å². The fraction of sp³-hybridized carbons (Fsp3) is 0.550. The Bertz CT molecular complexity index is 1510. The largest absolute Gasteiger partial charge is 0.450 e. The van der Waals surface area contributed by atoms with E-state index in [2.05, 4.69) is 41.8 Å². The molecule has 0 bridgehead atoms. The first-order valence-electron chi connectivity index (χ1n) is 18.8. The van der Waals surface area contributed by atoms with Crippen LogP contribution < -0.4 is 22.1 Å². The van der Waals surface area contributed by atoms with Gasteiger partial charge in [-0.2, -0.15) is 0 Å². The number of benzene rings is 2. The van der Waals surface area contributed by atoms with E-state index in [0.29, 0.717) is 31.4 Å². The lowest BCUT2D eigenvalue weighted by molar-refractivity contribution is -0.135. The van der Waals surface area contributed by atoms with Crippen molar-refractivity contribution in [3.8, 4) is 11.1 Å². The zero-order chi connectivity index (χ0) is 39.7. The molecule has 53 heavy (non-hydrogen) atoms. The quantitative estimate of drug-likeness (QED) is 0.0496. The number of nitrogens with two attached hydrogens (primary N) is 2. The van der Waals surface area contributed by atoms with Gasteiger partial charge in [0.2, 0.25) is 17.7 Å². The maximum atomic E-state index is 13.6. The smallest absolute Gasteiger partial charge is 0.289 e. The van der Waals surface area contributed by atoms with Crippen LogP contribution in [0.1, 0.15) is 101 Å². The highest BCUT2D eigenvalue weighted by atomic mass is 16.3. The third kappa shape index (κ3) is 15.4. The molecule has 2 aromatic carbocycles. The summed E-state index contributed by atoms with van der Waals surface area (Å²) in [4.78, 5) is 77.9. The van der Waals surface area contributed by atoms with Crippen LogP contribution in [0.25, 0.3) is 11.1 Å². The van der Waals surface area contributed by atoms with Crippen molar-refractivity contribution < 1.29 is 38.9 Å². The molecule has 0 aliphatic rings. The van der Waals surface area contributed by atoms with Crippen molar-refractivity contribution in [2.75, 3.05) is 6.54 Å². The van der Waals surface area contributed by atoms with E-state index in [1.807, 2.05) is 12.1 Å². The summed E-state index contributed by atoms with van der Waals surface area (Å²) in [5, 5.41) is 25.4. The molecule has 0 spiro atoms. The number of aliphatic hydroxyl groups is 1. The average Bonchev–Trinajstić information content (AvgIpc) is 3.11. The topological polar surface area (TPSA) is 219 Å². The minimum Gasteiger partial charge on any atom is -0.450 e. The van der Waals surface area contributed by atoms with Crippen LogP contribution in [0.2, 0.25) is 12.6 Å². The number of Topliss-reactive ketones (excluding diaryl/α,β-unsaturated/α-hetero) is 3. The van der Waals surface area contributed by atoms with E-state index in [4.69, 9.17) is 11.5 Å². The minimum absolute atomic E-state index is 0.104. The summed E-state index contributed by atoms with van der Waals surface area (Å²) in [6.07, 6.45) is 2.44. The van der Waals surface area contributed by atoms with Crippen molar-refractivity contribution in [3.63, 3.8) is 0 Å². The van der Waals surface area contributed by atoms with Crippen molar-refractivity contribution in [1.82, 2.24) is 10.6 Å². The van der Waals surface area contributed by atoms with Gasteiger partial charge in [-0.15, -0.1) is 0 Å². The maximum Gasteiger partial charge on any atom is 0.289 e. The van der Waals surface area contributed by atoms with Crippen LogP contribution in [0.5, 0.6) is 0 Å². The number of nitrogens with one attached hydrogen (secondary N) is 2. The number of aryl methyl sites for hydroxylation is 1. The summed E-state index contributed by atoms with van der Waals surface area (Å²) in [7, 11) is 0. The molecule has 0 aliphatic carbocycles. The number of primary amides is 1. The number of amides is 3. The summed E-state index contributed by atoms with van der Waals surface area (Å²) >= 11 is 0. The number of unbranched alkanes of at least 4 members (excludes halogenated alkanes) is 2. The monoisotopic (exact) mass is 734 g/mol. The Morgan fingerprint density at radius 3 is 1.91 bits per heavy atom. The van der Waals surface area contributed by atoms with Gasteiger partial charge in [-0.3, -0.25) is 28.8 Å². The molecule has 0 radical (unpaired) electrons. The first-order chi connectivity index (χ1) is 25.1. The van der Waals surface area contributed by atoms with Gasteiger partial charge in [0.25, 0.3) is 6.92 Å². The van der Waals surface area contributed by atoms with Crippen molar-refractivity contribution in [1.29, 1.82) is 0 Å². The summed E-state index contributed by atoms with van der Waals surface area (Å²) < 4.78 is 0. The Morgan fingerprint density at radius 1 is 0.774 bits per heavy atom. The van der Waals surface area contributed by atoms with Crippen LogP contribution in [0.15, 0.2) is 48.5 Å². The third-order valence-corrected chi connectivity index (χ3v) is 9.66. The Labute approximate surface area is 314 Å². The molecule has 0 saturated carbocycles. The van der Waals surface area contributed by atoms with Crippen molar-refractivity contribution in [2.45, 2.75) is 123 Å². The Balaban J connectivity index is 2.12. The van der Waals surface area contributed by atoms with Crippen molar-refractivity contribution in [3.05, 3.63) is 59.7 Å². The van der Waals surface area contributed by atoms with Gasteiger partial charge in [0.05, 0.1) is 18.6 Å². The molecule has 13 heteroatoms. The summed E-state index contributed by atoms with van der Waals surface area (Å²) in [6.45, 7) is 7.74. The zero-order valence-corrected chi connectivity index (χ0v) is 31.9. The molecular formula is C40H59BN4O8. The summed E-state index contributed by atoms with van der Waals surface area (Å²) in [5.74, 6) is -5.67. The number of rotatable bonds is 25. The minimum atomic E-state index is -1.37. The van der Waals surface area contributed by atoms with E-state index < -0.39 is 84.9 Å². The van der Waals surface area contributed by atoms with Gasteiger partial charge in [-0.05, 0) is 61.7 Å². The van der Waals surface area contributed by atoms with E-state index in [9.17, 15) is 38.9 Å². The molecule has 290 valence electrons. The first-order valence-corrected chi connectivity index (χ1v) is 18.8. The molecule has 3 amide bonds. The molecule has 0 fully saturated rings. The van der Waals surface area contributed by atoms with Crippen LogP contribution in [-0.4, -0.2) is 76.8 Å². The lowest BCUT2D eigenvalue weighted by Crippen LogP contribution is -2.51. The molecule has 6 atom stereocenters. The predicted octanol–water partition coefficient (Wildman–Crippen LogP) is 3.80. The van der Waals surface area contributed by atoms with Crippen molar-refractivity contribution in [2.24, 2.45) is 23.3 Å². The first kappa shape index (κ1) is 45.0. The highest BCUT2D eigenvalue weighted by Crippen LogP contribution is 2.24. The summed E-state index contributed by atoms with van der Waals surface area (Å²) in [6, 6.07) is 13.0. The van der Waals surface area contributed by atoms with E-state index in [0.717, 1.165) is 30.4 Å². The lowest BCUT2D eigenvalue weighted by atomic mass is 9.58. The van der Waals surface area contributed by atoms with Crippen molar-refractivity contribution >= 4 is 42.0 Å². The van der Waals surface area contributed by atoms with E-state index in [1.54, 1.807) is 19.1 Å². The fourth-order valence-corrected chi connectivity index (χ4v) is 5.95. The van der Waals surface area contributed by atoms with Crippen LogP contribution in [0.4, 0.5) is 0 Å². The van der Waals surface area contributed by atoms with Crippen LogP contribution in [0, 0.1) is 11.8 Å². The van der Waals surface area contributed by atoms with E-state index >= 15 is 0 Å². The molecular weight excluding hydrogens is 675 g/mol. The van der Waals surface area contributed by atoms with Gasteiger partial charge in [0.15, 0.2) is 17.3 Å². The zero-order valence-electron chi connectivity index (χ0n) is 31.9. The van der Waals surface area contributed by atoms with Gasteiger partial charge < -0.3 is 32.2 Å². The van der Waals surface area contributed by atoms with Gasteiger partial charge in [-0.1, -0.05) is 89.0 Å². The van der Waals surface area contributed by atoms with Gasteiger partial charge in [-0.25, -0.2) is 0 Å². The normalized spacial score (nSPS) is 14.6. The number of aliphatic hydroxyl groups excluding tert-OH is 1. The second-order valence-electron chi connectivity index (χ2n) is 14.4. The maximum absolute atomic E-state index is 13.6. The highest BCUT2D eigenvalue weighted by Gasteiger charge is 2.33. The van der Waals surface area contributed by atoms with E-state index in [1.165, 1.54) is 26.2 Å². The highest BCUT2D eigenvalue weighted by molar-refractivity contribution is 6.50. The van der Waals surface area contributed by atoms with Crippen LogP contribution in [-0.2, 0) is 30.4 Å². The lowest BCUT2D eigenvalue weighted by Gasteiger charge is -2.25. The molecule has 1 unspecified atom stereocenters.